The zero-order valence-electron chi connectivity index (χ0n) is 14.8. The number of anilines is 1. The highest BCUT2D eigenvalue weighted by atomic mass is 32.2. The van der Waals surface area contributed by atoms with Crippen LogP contribution in [0.4, 0.5) is 5.69 Å². The van der Waals surface area contributed by atoms with Gasteiger partial charge in [-0.3, -0.25) is 4.79 Å². The average Bonchev–Trinajstić information content (AvgIpc) is 3.32. The molecule has 0 bridgehead atoms. The number of hydrogen-bond donors (Lipinski definition) is 1. The Labute approximate surface area is 165 Å². The lowest BCUT2D eigenvalue weighted by Crippen LogP contribution is -2.23. The maximum absolute atomic E-state index is 12.5. The smallest absolute Gasteiger partial charge is 0.275 e. The van der Waals surface area contributed by atoms with Gasteiger partial charge in [0.2, 0.25) is 10.0 Å². The van der Waals surface area contributed by atoms with Crippen LogP contribution in [0.2, 0.25) is 0 Å². The molecule has 10 heteroatoms. The lowest BCUT2D eigenvalue weighted by Gasteiger charge is -2.15. The van der Waals surface area contributed by atoms with Gasteiger partial charge in [0.25, 0.3) is 5.91 Å². The highest BCUT2D eigenvalue weighted by Crippen LogP contribution is 2.30. The van der Waals surface area contributed by atoms with Crippen molar-refractivity contribution >= 4 is 44.3 Å². The first-order chi connectivity index (χ1) is 12.8. The third kappa shape index (κ3) is 4.03. The molecule has 0 saturated carbocycles. The van der Waals surface area contributed by atoms with E-state index >= 15 is 0 Å². The van der Waals surface area contributed by atoms with Gasteiger partial charge in [-0.05, 0) is 29.6 Å². The zero-order chi connectivity index (χ0) is 19.6. The van der Waals surface area contributed by atoms with Gasteiger partial charge in [0.05, 0.1) is 7.11 Å². The summed E-state index contributed by atoms with van der Waals surface area (Å²) in [5.41, 5.74) is 1.58. The number of carbonyl (C=O) groups excluding carboxylic acids is 1. The number of nitrogens with zero attached hydrogens (tertiary/aromatic N) is 2. The van der Waals surface area contributed by atoms with Crippen molar-refractivity contribution in [2.75, 3.05) is 26.5 Å². The van der Waals surface area contributed by atoms with E-state index in [-0.39, 0.29) is 16.3 Å². The Kier molecular flexibility index (Phi) is 5.61. The van der Waals surface area contributed by atoms with Gasteiger partial charge >= 0.3 is 0 Å². The number of thiazole rings is 1. The third-order valence-corrected chi connectivity index (χ3v) is 7.10. The quantitative estimate of drug-likeness (QED) is 0.657. The molecule has 3 rings (SSSR count). The molecule has 1 N–H and O–H groups in total. The number of benzene rings is 1. The molecule has 0 atom stereocenters. The van der Waals surface area contributed by atoms with Gasteiger partial charge in [-0.2, -0.15) is 11.3 Å². The number of amides is 1. The molecule has 0 aliphatic heterocycles. The molecular formula is C17H17N3O4S3. The Morgan fingerprint density at radius 1 is 1.22 bits per heavy atom. The van der Waals surface area contributed by atoms with Crippen LogP contribution in [0.15, 0.2) is 45.3 Å². The number of sulfonamides is 1. The van der Waals surface area contributed by atoms with E-state index in [1.165, 1.54) is 44.7 Å². The minimum Gasteiger partial charge on any atom is -0.495 e. The number of carbonyl (C=O) groups is 1. The van der Waals surface area contributed by atoms with Crippen LogP contribution < -0.4 is 10.1 Å². The van der Waals surface area contributed by atoms with Crippen molar-refractivity contribution in [2.45, 2.75) is 4.90 Å². The van der Waals surface area contributed by atoms with E-state index in [1.54, 1.807) is 22.8 Å². The van der Waals surface area contributed by atoms with Crippen molar-refractivity contribution in [3.63, 3.8) is 0 Å². The summed E-state index contributed by atoms with van der Waals surface area (Å²) in [6.07, 6.45) is 0. The second kappa shape index (κ2) is 7.77. The largest absolute Gasteiger partial charge is 0.495 e. The van der Waals surface area contributed by atoms with Crippen LogP contribution in [0.3, 0.4) is 0 Å². The van der Waals surface area contributed by atoms with Crippen molar-refractivity contribution in [3.8, 4) is 16.3 Å². The monoisotopic (exact) mass is 423 g/mol. The van der Waals surface area contributed by atoms with E-state index in [9.17, 15) is 13.2 Å². The predicted octanol–water partition coefficient (Wildman–Crippen LogP) is 3.38. The molecule has 0 aliphatic rings. The first-order valence-electron chi connectivity index (χ1n) is 7.73. The number of rotatable bonds is 6. The Hall–Kier alpha value is -2.27. The van der Waals surface area contributed by atoms with E-state index in [2.05, 4.69) is 10.3 Å². The third-order valence-electron chi connectivity index (χ3n) is 3.69. The predicted molar refractivity (Wildman–Crippen MR) is 107 cm³/mol. The van der Waals surface area contributed by atoms with Crippen LogP contribution in [-0.2, 0) is 10.0 Å². The summed E-state index contributed by atoms with van der Waals surface area (Å²) in [7, 11) is 0.533. The average molecular weight is 424 g/mol. The summed E-state index contributed by atoms with van der Waals surface area (Å²) in [6.45, 7) is 0. The topological polar surface area (TPSA) is 88.6 Å². The second-order valence-corrected chi connectivity index (χ2v) is 9.42. The molecule has 1 amide bonds. The summed E-state index contributed by atoms with van der Waals surface area (Å²) < 4.78 is 31.2. The first kappa shape index (κ1) is 19.5. The molecule has 0 radical (unpaired) electrons. The van der Waals surface area contributed by atoms with E-state index in [1.807, 2.05) is 16.8 Å². The maximum Gasteiger partial charge on any atom is 0.275 e. The van der Waals surface area contributed by atoms with Crippen LogP contribution >= 0.6 is 22.7 Å². The molecule has 142 valence electrons. The first-order valence-corrected chi connectivity index (χ1v) is 11.0. The standard InChI is InChI=1S/C17H17N3O4S3/c1-20(2)27(22,23)15-8-12(4-5-14(15)24-3)18-16(21)13-10-26-17(19-13)11-6-7-25-9-11/h4-10H,1-3H3,(H,18,21). The van der Waals surface area contributed by atoms with Gasteiger partial charge in [-0.15, -0.1) is 11.3 Å². The lowest BCUT2D eigenvalue weighted by atomic mass is 10.3. The van der Waals surface area contributed by atoms with Crippen molar-refractivity contribution in [1.82, 2.24) is 9.29 Å². The summed E-state index contributed by atoms with van der Waals surface area (Å²) in [6, 6.07) is 6.40. The molecule has 2 aromatic heterocycles. The Bertz CT molecular complexity index is 1060. The minimum atomic E-state index is -3.72. The Morgan fingerprint density at radius 3 is 2.63 bits per heavy atom. The molecule has 0 unspecified atom stereocenters. The number of thiophene rings is 1. The molecule has 1 aromatic carbocycles. The SMILES string of the molecule is COc1ccc(NC(=O)c2csc(-c3ccsc3)n2)cc1S(=O)(=O)N(C)C. The van der Waals surface area contributed by atoms with E-state index in [0.29, 0.717) is 5.69 Å². The summed E-state index contributed by atoms with van der Waals surface area (Å²) in [5.74, 6) is -0.207. The van der Waals surface area contributed by atoms with Crippen LogP contribution in [0, 0.1) is 0 Å². The number of ether oxygens (including phenoxy) is 1. The van der Waals surface area contributed by atoms with Gasteiger partial charge < -0.3 is 10.1 Å². The molecule has 2 heterocycles. The molecule has 0 spiro atoms. The highest BCUT2D eigenvalue weighted by Gasteiger charge is 2.23. The second-order valence-electron chi connectivity index (χ2n) is 5.66. The fourth-order valence-electron chi connectivity index (χ4n) is 2.24. The lowest BCUT2D eigenvalue weighted by molar-refractivity contribution is 0.102. The fourth-order valence-corrected chi connectivity index (χ4v) is 4.83. The van der Waals surface area contributed by atoms with Crippen LogP contribution in [0.25, 0.3) is 10.6 Å². The minimum absolute atomic E-state index is 0.0231. The summed E-state index contributed by atoms with van der Waals surface area (Å²) in [4.78, 5) is 16.8. The number of methoxy groups -OCH3 is 1. The van der Waals surface area contributed by atoms with Gasteiger partial charge in [0.15, 0.2) is 0 Å². The molecule has 27 heavy (non-hydrogen) atoms. The molecule has 0 saturated heterocycles. The van der Waals surface area contributed by atoms with Crippen molar-refractivity contribution in [2.24, 2.45) is 0 Å². The van der Waals surface area contributed by atoms with E-state index in [4.69, 9.17) is 4.74 Å². The molecule has 0 fully saturated rings. The van der Waals surface area contributed by atoms with Gasteiger partial charge in [0, 0.05) is 36.1 Å². The molecule has 0 aliphatic carbocycles. The number of nitrogens with one attached hydrogen (secondary N) is 1. The van der Waals surface area contributed by atoms with Gasteiger partial charge in [0.1, 0.15) is 21.3 Å². The van der Waals surface area contributed by atoms with E-state index in [0.717, 1.165) is 14.9 Å². The van der Waals surface area contributed by atoms with Crippen LogP contribution in [-0.4, -0.2) is 44.8 Å². The van der Waals surface area contributed by atoms with Crippen LogP contribution in [0.5, 0.6) is 5.75 Å². The Morgan fingerprint density at radius 2 is 2.00 bits per heavy atom. The zero-order valence-corrected chi connectivity index (χ0v) is 17.2. The number of hydrogen-bond acceptors (Lipinski definition) is 7. The van der Waals surface area contributed by atoms with Crippen LogP contribution in [0.1, 0.15) is 10.5 Å². The molecular weight excluding hydrogens is 406 g/mol. The molecule has 7 nitrogen and oxygen atoms in total. The summed E-state index contributed by atoms with van der Waals surface area (Å²) in [5, 5.41) is 9.02. The summed E-state index contributed by atoms with van der Waals surface area (Å²) >= 11 is 2.93. The van der Waals surface area contributed by atoms with Gasteiger partial charge in [-0.1, -0.05) is 0 Å². The Balaban J connectivity index is 1.86. The van der Waals surface area contributed by atoms with Crippen molar-refractivity contribution in [1.29, 1.82) is 0 Å². The van der Waals surface area contributed by atoms with Crippen molar-refractivity contribution < 1.29 is 17.9 Å². The highest BCUT2D eigenvalue weighted by molar-refractivity contribution is 7.89. The van der Waals surface area contributed by atoms with Gasteiger partial charge in [-0.25, -0.2) is 17.7 Å². The van der Waals surface area contributed by atoms with Crippen molar-refractivity contribution in [3.05, 3.63) is 46.1 Å². The normalized spacial score (nSPS) is 11.6. The molecule has 3 aromatic rings. The number of aromatic nitrogens is 1. The fraction of sp³-hybridized carbons (Fsp3) is 0.176. The maximum atomic E-state index is 12.5. The van der Waals surface area contributed by atoms with E-state index < -0.39 is 15.9 Å².